The molecule has 0 amide bonds. The van der Waals surface area contributed by atoms with Gasteiger partial charge in [0.05, 0.1) is 0 Å². The summed E-state index contributed by atoms with van der Waals surface area (Å²) in [5.41, 5.74) is 18.0. The first-order valence-corrected chi connectivity index (χ1v) is 12.9. The quantitative estimate of drug-likeness (QED) is 0.172. The molecule has 0 aliphatic carbocycles. The van der Waals surface area contributed by atoms with Gasteiger partial charge in [-0.05, 0) is 46.5 Å². The van der Waals surface area contributed by atoms with Gasteiger partial charge in [-0.25, -0.2) is 0 Å². The van der Waals surface area contributed by atoms with Gasteiger partial charge in [0, 0.05) is 37.6 Å². The van der Waals surface area contributed by atoms with Gasteiger partial charge in [-0.2, -0.15) is 0 Å². The standard InChI is InChI=1S/C14H15N.C13H14N2.C7H9N/c1-3-7-13(8-4-1)11-15-12-14-9-5-2-6-10-14;14-12-6-8-13(9-7-12)15-10-11-4-2-1-3-5-11;8-6-7-4-2-1-3-5-7/h1-10,15H,11-12H2;1-9,15H,10,14H2;1-5H,6,8H2. The summed E-state index contributed by atoms with van der Waals surface area (Å²) in [6, 6.07) is 49.0. The molecule has 0 saturated carbocycles. The van der Waals surface area contributed by atoms with Crippen molar-refractivity contribution in [1.82, 2.24) is 5.32 Å². The first-order chi connectivity index (χ1) is 18.7. The van der Waals surface area contributed by atoms with E-state index in [0.29, 0.717) is 6.54 Å². The fourth-order valence-electron chi connectivity index (χ4n) is 3.56. The summed E-state index contributed by atoms with van der Waals surface area (Å²) >= 11 is 0. The van der Waals surface area contributed by atoms with Crippen LogP contribution in [-0.2, 0) is 26.2 Å². The Morgan fingerprint density at radius 3 is 1.16 bits per heavy atom. The molecular formula is C34H38N4. The minimum absolute atomic E-state index is 0.640. The average Bonchev–Trinajstić information content (AvgIpc) is 3.00. The van der Waals surface area contributed by atoms with Gasteiger partial charge in [0.15, 0.2) is 0 Å². The molecule has 5 aromatic carbocycles. The van der Waals surface area contributed by atoms with Gasteiger partial charge in [-0.15, -0.1) is 0 Å². The van der Waals surface area contributed by atoms with Crippen LogP contribution in [0.1, 0.15) is 22.3 Å². The fourth-order valence-corrected chi connectivity index (χ4v) is 3.56. The van der Waals surface area contributed by atoms with Crippen molar-refractivity contribution in [1.29, 1.82) is 0 Å². The molecule has 0 spiro atoms. The zero-order chi connectivity index (χ0) is 26.7. The molecule has 0 atom stereocenters. The van der Waals surface area contributed by atoms with Crippen molar-refractivity contribution in [2.75, 3.05) is 11.1 Å². The van der Waals surface area contributed by atoms with Crippen LogP contribution in [0, 0.1) is 0 Å². The van der Waals surface area contributed by atoms with Gasteiger partial charge in [-0.3, -0.25) is 0 Å². The van der Waals surface area contributed by atoms with Gasteiger partial charge in [-0.1, -0.05) is 121 Å². The third kappa shape index (κ3) is 11.6. The van der Waals surface area contributed by atoms with Crippen LogP contribution >= 0.6 is 0 Å². The normalized spacial score (nSPS) is 9.82. The molecule has 0 aliphatic rings. The molecule has 0 bridgehead atoms. The van der Waals surface area contributed by atoms with E-state index in [4.69, 9.17) is 11.5 Å². The van der Waals surface area contributed by atoms with Crippen LogP contribution in [0.15, 0.2) is 146 Å². The lowest BCUT2D eigenvalue weighted by Gasteiger charge is -2.06. The number of rotatable bonds is 8. The summed E-state index contributed by atoms with van der Waals surface area (Å²) < 4.78 is 0. The molecular weight excluding hydrogens is 464 g/mol. The summed E-state index contributed by atoms with van der Waals surface area (Å²) in [5.74, 6) is 0. The Hall–Kier alpha value is -4.38. The van der Waals surface area contributed by atoms with Crippen molar-refractivity contribution in [3.8, 4) is 0 Å². The second-order valence-corrected chi connectivity index (χ2v) is 8.73. The third-order valence-electron chi connectivity index (χ3n) is 5.67. The Kier molecular flexibility index (Phi) is 12.7. The lowest BCUT2D eigenvalue weighted by Crippen LogP contribution is -2.12. The van der Waals surface area contributed by atoms with E-state index in [9.17, 15) is 0 Å². The van der Waals surface area contributed by atoms with Crippen LogP contribution in [0.2, 0.25) is 0 Å². The highest BCUT2D eigenvalue weighted by Gasteiger charge is 1.93. The first kappa shape index (κ1) is 28.2. The van der Waals surface area contributed by atoms with Crippen molar-refractivity contribution in [3.05, 3.63) is 168 Å². The number of hydrogen-bond acceptors (Lipinski definition) is 4. The van der Waals surface area contributed by atoms with Crippen molar-refractivity contribution in [2.24, 2.45) is 5.73 Å². The van der Waals surface area contributed by atoms with Crippen LogP contribution in [0.5, 0.6) is 0 Å². The highest BCUT2D eigenvalue weighted by Crippen LogP contribution is 2.11. The van der Waals surface area contributed by atoms with Crippen LogP contribution < -0.4 is 22.1 Å². The number of nitrogens with two attached hydrogens (primary N) is 2. The largest absolute Gasteiger partial charge is 0.399 e. The Bertz CT molecular complexity index is 1200. The van der Waals surface area contributed by atoms with E-state index in [0.717, 1.165) is 31.0 Å². The van der Waals surface area contributed by atoms with Gasteiger partial charge in [0.1, 0.15) is 0 Å². The van der Waals surface area contributed by atoms with E-state index in [1.807, 2.05) is 84.9 Å². The molecule has 0 fully saturated rings. The third-order valence-corrected chi connectivity index (χ3v) is 5.67. The summed E-state index contributed by atoms with van der Waals surface area (Å²) in [7, 11) is 0. The van der Waals surface area contributed by atoms with Crippen molar-refractivity contribution < 1.29 is 0 Å². The molecule has 0 aliphatic heterocycles. The van der Waals surface area contributed by atoms with E-state index in [2.05, 4.69) is 71.3 Å². The SMILES string of the molecule is NCc1ccccc1.Nc1ccc(NCc2ccccc2)cc1.c1ccc(CNCc2ccccc2)cc1. The number of hydrogen-bond donors (Lipinski definition) is 4. The molecule has 0 unspecified atom stereocenters. The van der Waals surface area contributed by atoms with Crippen molar-refractivity contribution >= 4 is 11.4 Å². The maximum atomic E-state index is 5.61. The van der Waals surface area contributed by atoms with Crippen LogP contribution in [0.25, 0.3) is 0 Å². The van der Waals surface area contributed by atoms with Gasteiger partial charge in [0.25, 0.3) is 0 Å². The van der Waals surface area contributed by atoms with E-state index < -0.39 is 0 Å². The predicted octanol–water partition coefficient (Wildman–Crippen LogP) is 7.00. The minimum atomic E-state index is 0.640. The molecule has 0 radical (unpaired) electrons. The zero-order valence-corrected chi connectivity index (χ0v) is 21.8. The molecule has 5 rings (SSSR count). The summed E-state index contributed by atoms with van der Waals surface area (Å²) in [6.07, 6.45) is 0. The summed E-state index contributed by atoms with van der Waals surface area (Å²) in [4.78, 5) is 0. The van der Waals surface area contributed by atoms with Crippen molar-refractivity contribution in [3.63, 3.8) is 0 Å². The van der Waals surface area contributed by atoms with Crippen LogP contribution in [0.3, 0.4) is 0 Å². The van der Waals surface area contributed by atoms with E-state index in [-0.39, 0.29) is 0 Å². The minimum Gasteiger partial charge on any atom is -0.399 e. The molecule has 0 aromatic heterocycles. The Balaban J connectivity index is 0.000000166. The highest BCUT2D eigenvalue weighted by molar-refractivity contribution is 5.51. The average molecular weight is 503 g/mol. The summed E-state index contributed by atoms with van der Waals surface area (Å²) in [6.45, 7) is 3.33. The molecule has 5 aromatic rings. The maximum Gasteiger partial charge on any atom is 0.0400 e. The molecule has 4 heteroatoms. The number of benzene rings is 5. The van der Waals surface area contributed by atoms with E-state index in [1.54, 1.807) is 0 Å². The fraction of sp³-hybridized carbons (Fsp3) is 0.118. The monoisotopic (exact) mass is 502 g/mol. The second-order valence-electron chi connectivity index (χ2n) is 8.73. The highest BCUT2D eigenvalue weighted by atomic mass is 14.9. The molecule has 194 valence electrons. The maximum absolute atomic E-state index is 5.61. The van der Waals surface area contributed by atoms with Gasteiger partial charge >= 0.3 is 0 Å². The Labute approximate surface area is 227 Å². The van der Waals surface area contributed by atoms with Crippen molar-refractivity contribution in [2.45, 2.75) is 26.2 Å². The molecule has 0 saturated heterocycles. The number of anilines is 2. The topological polar surface area (TPSA) is 76.1 Å². The molecule has 0 heterocycles. The lowest BCUT2D eigenvalue weighted by molar-refractivity contribution is 0.693. The Morgan fingerprint density at radius 1 is 0.421 bits per heavy atom. The molecule has 6 N–H and O–H groups in total. The predicted molar refractivity (Wildman–Crippen MR) is 162 cm³/mol. The zero-order valence-electron chi connectivity index (χ0n) is 21.8. The van der Waals surface area contributed by atoms with Crippen LogP contribution in [-0.4, -0.2) is 0 Å². The van der Waals surface area contributed by atoms with E-state index in [1.165, 1.54) is 22.3 Å². The smallest absolute Gasteiger partial charge is 0.0400 e. The number of nitrogens with one attached hydrogen (secondary N) is 2. The summed E-state index contributed by atoms with van der Waals surface area (Å²) in [5, 5.41) is 6.75. The van der Waals surface area contributed by atoms with Gasteiger partial charge < -0.3 is 22.1 Å². The first-order valence-electron chi connectivity index (χ1n) is 12.9. The number of nitrogen functional groups attached to an aromatic ring is 1. The second kappa shape index (κ2) is 17.1. The van der Waals surface area contributed by atoms with Gasteiger partial charge in [0.2, 0.25) is 0 Å². The Morgan fingerprint density at radius 2 is 0.789 bits per heavy atom. The lowest BCUT2D eigenvalue weighted by atomic mass is 10.2. The molecule has 4 nitrogen and oxygen atoms in total. The van der Waals surface area contributed by atoms with E-state index >= 15 is 0 Å². The molecule has 38 heavy (non-hydrogen) atoms. The van der Waals surface area contributed by atoms with Crippen LogP contribution in [0.4, 0.5) is 11.4 Å².